The first-order chi connectivity index (χ1) is 10.0. The molecule has 0 radical (unpaired) electrons. The summed E-state index contributed by atoms with van der Waals surface area (Å²) in [5.41, 5.74) is 0. The molecule has 120 valence electrons. The van der Waals surface area contributed by atoms with Crippen LogP contribution in [0.5, 0.6) is 0 Å². The molecule has 0 aliphatic carbocycles. The summed E-state index contributed by atoms with van der Waals surface area (Å²) in [4.78, 5) is 37.4. The van der Waals surface area contributed by atoms with Crippen molar-refractivity contribution in [2.45, 2.75) is 32.9 Å². The number of carbonyl (C=O) groups excluding carboxylic acids is 3. The Morgan fingerprint density at radius 2 is 1.90 bits per heavy atom. The van der Waals surface area contributed by atoms with Crippen molar-refractivity contribution in [3.05, 3.63) is 0 Å². The summed E-state index contributed by atoms with van der Waals surface area (Å²) in [6.07, 6.45) is 0. The summed E-state index contributed by atoms with van der Waals surface area (Å²) >= 11 is 0. The minimum atomic E-state index is -0.553. The Bertz CT molecular complexity index is 388. The van der Waals surface area contributed by atoms with Gasteiger partial charge < -0.3 is 16.0 Å². The fourth-order valence-corrected chi connectivity index (χ4v) is 2.29. The number of urea groups is 1. The number of likely N-dealkylation sites (N-methyl/N-ethyl adjacent to an activating group) is 1. The summed E-state index contributed by atoms with van der Waals surface area (Å²) in [6.45, 7) is 8.08. The monoisotopic (exact) mass is 299 g/mol. The second kappa shape index (κ2) is 8.58. The standard InChI is InChI=1S/C13H25N5O3/c1-4-15-12(20)10-8-14-6-7-18(10)9(3)11(19)17-13(21)16-5-2/h9-10,14H,4-8H2,1-3H3,(H,15,20)(H2,16,17,19,21). The number of hydrogen-bond donors (Lipinski definition) is 4. The molecule has 0 aromatic heterocycles. The molecule has 8 nitrogen and oxygen atoms in total. The van der Waals surface area contributed by atoms with Gasteiger partial charge >= 0.3 is 6.03 Å². The van der Waals surface area contributed by atoms with Gasteiger partial charge in [0, 0.05) is 32.7 Å². The van der Waals surface area contributed by atoms with E-state index in [1.54, 1.807) is 13.8 Å². The van der Waals surface area contributed by atoms with Crippen LogP contribution in [-0.2, 0) is 9.59 Å². The Morgan fingerprint density at radius 1 is 1.24 bits per heavy atom. The third kappa shape index (κ3) is 4.98. The molecule has 1 saturated heterocycles. The largest absolute Gasteiger partial charge is 0.355 e. The van der Waals surface area contributed by atoms with Crippen LogP contribution in [0, 0.1) is 0 Å². The maximum absolute atomic E-state index is 12.1. The number of rotatable bonds is 5. The summed E-state index contributed by atoms with van der Waals surface area (Å²) in [5.74, 6) is -0.514. The van der Waals surface area contributed by atoms with E-state index in [2.05, 4.69) is 21.3 Å². The molecule has 2 unspecified atom stereocenters. The van der Waals surface area contributed by atoms with E-state index < -0.39 is 24.0 Å². The highest BCUT2D eigenvalue weighted by Gasteiger charge is 2.34. The lowest BCUT2D eigenvalue weighted by Gasteiger charge is -2.38. The van der Waals surface area contributed by atoms with E-state index in [4.69, 9.17) is 0 Å². The van der Waals surface area contributed by atoms with Crippen LogP contribution in [-0.4, -0.2) is 67.6 Å². The van der Waals surface area contributed by atoms with Gasteiger partial charge in [-0.2, -0.15) is 0 Å². The van der Waals surface area contributed by atoms with Gasteiger partial charge in [0.25, 0.3) is 0 Å². The number of hydrogen-bond acceptors (Lipinski definition) is 5. The van der Waals surface area contributed by atoms with Gasteiger partial charge in [0.1, 0.15) is 6.04 Å². The topological polar surface area (TPSA) is 103 Å². The molecule has 1 fully saturated rings. The van der Waals surface area contributed by atoms with Gasteiger partial charge in [0.05, 0.1) is 6.04 Å². The average molecular weight is 299 g/mol. The van der Waals surface area contributed by atoms with Gasteiger partial charge in [0.15, 0.2) is 0 Å². The molecule has 21 heavy (non-hydrogen) atoms. The van der Waals surface area contributed by atoms with Crippen molar-refractivity contribution in [3.63, 3.8) is 0 Å². The number of nitrogens with one attached hydrogen (secondary N) is 4. The van der Waals surface area contributed by atoms with Crippen LogP contribution >= 0.6 is 0 Å². The van der Waals surface area contributed by atoms with Crippen molar-refractivity contribution in [1.82, 2.24) is 26.2 Å². The van der Waals surface area contributed by atoms with E-state index in [1.165, 1.54) is 0 Å². The minimum Gasteiger partial charge on any atom is -0.355 e. The van der Waals surface area contributed by atoms with E-state index >= 15 is 0 Å². The first-order valence-electron chi connectivity index (χ1n) is 7.34. The summed E-state index contributed by atoms with van der Waals surface area (Å²) in [5, 5.41) is 10.7. The van der Waals surface area contributed by atoms with Crippen LogP contribution in [0.1, 0.15) is 20.8 Å². The predicted molar refractivity (Wildman–Crippen MR) is 78.7 cm³/mol. The fraction of sp³-hybridized carbons (Fsp3) is 0.769. The molecule has 0 spiro atoms. The van der Waals surface area contributed by atoms with Crippen LogP contribution < -0.4 is 21.3 Å². The van der Waals surface area contributed by atoms with Crippen molar-refractivity contribution in [1.29, 1.82) is 0 Å². The molecule has 1 aliphatic heterocycles. The van der Waals surface area contributed by atoms with E-state index in [0.717, 1.165) is 0 Å². The molecule has 8 heteroatoms. The zero-order valence-corrected chi connectivity index (χ0v) is 12.9. The lowest BCUT2D eigenvalue weighted by atomic mass is 10.1. The Balaban J connectivity index is 2.67. The molecular weight excluding hydrogens is 274 g/mol. The molecular formula is C13H25N5O3. The Morgan fingerprint density at radius 3 is 2.52 bits per heavy atom. The molecule has 0 saturated carbocycles. The molecule has 0 aromatic carbocycles. The van der Waals surface area contributed by atoms with Gasteiger partial charge in [0.2, 0.25) is 11.8 Å². The maximum atomic E-state index is 12.1. The van der Waals surface area contributed by atoms with E-state index in [1.807, 2.05) is 11.8 Å². The normalized spacial score (nSPS) is 20.4. The highest BCUT2D eigenvalue weighted by molar-refractivity contribution is 5.97. The lowest BCUT2D eigenvalue weighted by molar-refractivity contribution is -0.132. The van der Waals surface area contributed by atoms with Gasteiger partial charge in [-0.3, -0.25) is 19.8 Å². The summed E-state index contributed by atoms with van der Waals surface area (Å²) in [6, 6.07) is -1.48. The van der Waals surface area contributed by atoms with Crippen LogP contribution in [0.25, 0.3) is 0 Å². The zero-order valence-electron chi connectivity index (χ0n) is 12.9. The fourth-order valence-electron chi connectivity index (χ4n) is 2.29. The zero-order chi connectivity index (χ0) is 15.8. The predicted octanol–water partition coefficient (Wildman–Crippen LogP) is -1.37. The second-order valence-electron chi connectivity index (χ2n) is 4.88. The number of piperazine rings is 1. The molecule has 4 N–H and O–H groups in total. The van der Waals surface area contributed by atoms with Crippen molar-refractivity contribution < 1.29 is 14.4 Å². The lowest BCUT2D eigenvalue weighted by Crippen LogP contribution is -2.63. The van der Waals surface area contributed by atoms with Crippen LogP contribution in [0.4, 0.5) is 4.79 Å². The van der Waals surface area contributed by atoms with Gasteiger partial charge in [-0.25, -0.2) is 4.79 Å². The Hall–Kier alpha value is -1.67. The SMILES string of the molecule is CCNC(=O)NC(=O)C(C)N1CCNCC1C(=O)NCC. The Kier molecular flexibility index (Phi) is 7.10. The average Bonchev–Trinajstić information content (AvgIpc) is 2.46. The number of imide groups is 1. The maximum Gasteiger partial charge on any atom is 0.321 e. The highest BCUT2D eigenvalue weighted by Crippen LogP contribution is 2.09. The molecule has 4 amide bonds. The smallest absolute Gasteiger partial charge is 0.321 e. The third-order valence-electron chi connectivity index (χ3n) is 3.39. The molecule has 1 rings (SSSR count). The summed E-state index contributed by atoms with van der Waals surface area (Å²) < 4.78 is 0. The van der Waals surface area contributed by atoms with Crippen molar-refractivity contribution in [2.24, 2.45) is 0 Å². The van der Waals surface area contributed by atoms with Gasteiger partial charge in [-0.15, -0.1) is 0 Å². The van der Waals surface area contributed by atoms with Crippen LogP contribution in [0.2, 0.25) is 0 Å². The number of carbonyl (C=O) groups is 3. The van der Waals surface area contributed by atoms with E-state index in [9.17, 15) is 14.4 Å². The van der Waals surface area contributed by atoms with Crippen molar-refractivity contribution in [2.75, 3.05) is 32.7 Å². The molecule has 0 bridgehead atoms. The quantitative estimate of drug-likeness (QED) is 0.502. The Labute approximate surface area is 125 Å². The second-order valence-corrected chi connectivity index (χ2v) is 4.88. The van der Waals surface area contributed by atoms with Gasteiger partial charge in [-0.05, 0) is 20.8 Å². The van der Waals surface area contributed by atoms with E-state index in [-0.39, 0.29) is 5.91 Å². The van der Waals surface area contributed by atoms with Crippen LogP contribution in [0.3, 0.4) is 0 Å². The van der Waals surface area contributed by atoms with Crippen molar-refractivity contribution in [3.8, 4) is 0 Å². The number of nitrogens with zero attached hydrogens (tertiary/aromatic N) is 1. The minimum absolute atomic E-state index is 0.109. The first-order valence-corrected chi connectivity index (χ1v) is 7.34. The molecule has 1 aliphatic rings. The van der Waals surface area contributed by atoms with E-state index in [0.29, 0.717) is 32.7 Å². The molecule has 0 aromatic rings. The first kappa shape index (κ1) is 17.4. The van der Waals surface area contributed by atoms with Gasteiger partial charge in [-0.1, -0.05) is 0 Å². The highest BCUT2D eigenvalue weighted by atomic mass is 16.2. The molecule has 1 heterocycles. The number of amides is 4. The molecule has 2 atom stereocenters. The summed E-state index contributed by atoms with van der Waals surface area (Å²) in [7, 11) is 0. The van der Waals surface area contributed by atoms with Crippen molar-refractivity contribution >= 4 is 17.8 Å². The third-order valence-corrected chi connectivity index (χ3v) is 3.39. The van der Waals surface area contributed by atoms with Crippen LogP contribution in [0.15, 0.2) is 0 Å².